The van der Waals surface area contributed by atoms with Crippen molar-refractivity contribution in [2.24, 2.45) is 11.8 Å². The second-order valence-electron chi connectivity index (χ2n) is 5.75. The van der Waals surface area contributed by atoms with Crippen molar-refractivity contribution in [2.75, 3.05) is 7.11 Å². The number of hydrogen-bond acceptors (Lipinski definition) is 4. The van der Waals surface area contributed by atoms with Gasteiger partial charge < -0.3 is 19.9 Å². The van der Waals surface area contributed by atoms with Crippen molar-refractivity contribution in [3.63, 3.8) is 0 Å². The fourth-order valence-corrected chi connectivity index (χ4v) is 3.38. The summed E-state index contributed by atoms with van der Waals surface area (Å²) in [6, 6.07) is 7.38. The Kier molecular flexibility index (Phi) is 4.02. The van der Waals surface area contributed by atoms with Crippen LogP contribution >= 0.6 is 0 Å². The number of rotatable bonds is 5. The van der Waals surface area contributed by atoms with Crippen molar-refractivity contribution in [3.05, 3.63) is 29.8 Å². The third kappa shape index (κ3) is 2.66. The molecule has 2 N–H and O–H groups in total. The molecule has 118 valence electrons. The number of benzene rings is 1. The molecule has 2 unspecified atom stereocenters. The van der Waals surface area contributed by atoms with Crippen LogP contribution in [0.2, 0.25) is 0 Å². The number of fused-ring (bicyclic) bond motifs is 2. The van der Waals surface area contributed by atoms with Crippen LogP contribution in [0.25, 0.3) is 0 Å². The van der Waals surface area contributed by atoms with Crippen molar-refractivity contribution in [1.29, 1.82) is 0 Å². The standard InChI is InChI=1S/C16H19NO5/c1-21-10-4-2-9(3-5-10)8-17-15(18)13-11-6-7-12(22-11)14(13)16(19)20/h2-5,11-14H,6-8H2,1H3,(H,17,18)(H,19,20)/t11-,12+,13?,14?/m1/s1. The van der Waals surface area contributed by atoms with Crippen LogP contribution in [0.1, 0.15) is 18.4 Å². The molecule has 2 heterocycles. The van der Waals surface area contributed by atoms with E-state index in [1.165, 1.54) is 0 Å². The number of nitrogens with one attached hydrogen (secondary N) is 1. The summed E-state index contributed by atoms with van der Waals surface area (Å²) in [5.41, 5.74) is 0.935. The van der Waals surface area contributed by atoms with Gasteiger partial charge in [0.25, 0.3) is 0 Å². The lowest BCUT2D eigenvalue weighted by molar-refractivity contribution is -0.147. The molecule has 1 amide bonds. The Balaban J connectivity index is 1.62. The number of carboxylic acids is 1. The second kappa shape index (κ2) is 5.96. The SMILES string of the molecule is COc1ccc(CNC(=O)C2C(C(=O)O)[C@@H]3CC[C@H]2O3)cc1. The zero-order valence-electron chi connectivity index (χ0n) is 12.3. The van der Waals surface area contributed by atoms with Gasteiger partial charge in [0.05, 0.1) is 31.2 Å². The van der Waals surface area contributed by atoms with Crippen molar-refractivity contribution < 1.29 is 24.2 Å². The molecule has 0 aliphatic carbocycles. The van der Waals surface area contributed by atoms with E-state index in [2.05, 4.69) is 5.32 Å². The smallest absolute Gasteiger partial charge is 0.310 e. The summed E-state index contributed by atoms with van der Waals surface area (Å²) >= 11 is 0. The van der Waals surface area contributed by atoms with E-state index in [1.807, 2.05) is 24.3 Å². The molecule has 0 spiro atoms. The lowest BCUT2D eigenvalue weighted by atomic mass is 9.78. The van der Waals surface area contributed by atoms with Crippen LogP contribution in [0.5, 0.6) is 5.75 Å². The zero-order chi connectivity index (χ0) is 15.7. The van der Waals surface area contributed by atoms with Gasteiger partial charge in [0.1, 0.15) is 5.75 Å². The second-order valence-corrected chi connectivity index (χ2v) is 5.75. The van der Waals surface area contributed by atoms with Crippen LogP contribution in [0, 0.1) is 11.8 Å². The molecule has 2 saturated heterocycles. The molecular weight excluding hydrogens is 286 g/mol. The van der Waals surface area contributed by atoms with Crippen molar-refractivity contribution in [2.45, 2.75) is 31.6 Å². The van der Waals surface area contributed by atoms with Crippen LogP contribution in [0.4, 0.5) is 0 Å². The van der Waals surface area contributed by atoms with Crippen molar-refractivity contribution in [1.82, 2.24) is 5.32 Å². The molecule has 2 aliphatic heterocycles. The van der Waals surface area contributed by atoms with Gasteiger partial charge in [0.15, 0.2) is 0 Å². The predicted molar refractivity (Wildman–Crippen MR) is 77.4 cm³/mol. The lowest BCUT2D eigenvalue weighted by Crippen LogP contribution is -2.43. The Morgan fingerprint density at radius 2 is 1.86 bits per heavy atom. The van der Waals surface area contributed by atoms with E-state index < -0.39 is 17.8 Å². The molecule has 4 atom stereocenters. The molecule has 1 aromatic rings. The number of carboxylic acid groups (broad SMARTS) is 1. The monoisotopic (exact) mass is 305 g/mol. The van der Waals surface area contributed by atoms with E-state index in [9.17, 15) is 14.7 Å². The van der Waals surface area contributed by atoms with E-state index in [4.69, 9.17) is 9.47 Å². The summed E-state index contributed by atoms with van der Waals surface area (Å²) in [6.07, 6.45) is 0.903. The number of methoxy groups -OCH3 is 1. The van der Waals surface area contributed by atoms with E-state index in [-0.39, 0.29) is 18.1 Å². The first kappa shape index (κ1) is 14.8. The minimum absolute atomic E-state index is 0.240. The topological polar surface area (TPSA) is 84.9 Å². The Morgan fingerprint density at radius 3 is 2.45 bits per heavy atom. The third-order valence-corrected chi connectivity index (χ3v) is 4.49. The highest BCUT2D eigenvalue weighted by Gasteiger charge is 2.55. The summed E-state index contributed by atoms with van der Waals surface area (Å²) in [4.78, 5) is 23.7. The molecule has 6 nitrogen and oxygen atoms in total. The first-order valence-electron chi connectivity index (χ1n) is 7.39. The van der Waals surface area contributed by atoms with E-state index in [1.54, 1.807) is 7.11 Å². The average molecular weight is 305 g/mol. The van der Waals surface area contributed by atoms with Gasteiger partial charge in [0, 0.05) is 6.54 Å². The molecule has 2 fully saturated rings. The fourth-order valence-electron chi connectivity index (χ4n) is 3.38. The van der Waals surface area contributed by atoms with Gasteiger partial charge in [-0.3, -0.25) is 9.59 Å². The molecule has 1 aromatic carbocycles. The zero-order valence-corrected chi connectivity index (χ0v) is 12.3. The molecule has 6 heteroatoms. The predicted octanol–water partition coefficient (Wildman–Crippen LogP) is 1.19. The van der Waals surface area contributed by atoms with Gasteiger partial charge in [0.2, 0.25) is 5.91 Å². The van der Waals surface area contributed by atoms with Gasteiger partial charge in [-0.05, 0) is 30.5 Å². The Hall–Kier alpha value is -2.08. The minimum atomic E-state index is -0.947. The van der Waals surface area contributed by atoms with Gasteiger partial charge in [-0.1, -0.05) is 12.1 Å². The molecule has 22 heavy (non-hydrogen) atoms. The van der Waals surface area contributed by atoms with Crippen LogP contribution in [0.3, 0.4) is 0 Å². The molecule has 3 rings (SSSR count). The van der Waals surface area contributed by atoms with Crippen LogP contribution < -0.4 is 10.1 Å². The summed E-state index contributed by atoms with van der Waals surface area (Å²) < 4.78 is 10.7. The summed E-state index contributed by atoms with van der Waals surface area (Å²) in [6.45, 7) is 0.364. The fraction of sp³-hybridized carbons (Fsp3) is 0.500. The summed E-state index contributed by atoms with van der Waals surface area (Å²) in [7, 11) is 1.60. The Labute approximate surface area is 128 Å². The Bertz CT molecular complexity index is 570. The number of aliphatic carboxylic acids is 1. The van der Waals surface area contributed by atoms with Crippen molar-refractivity contribution >= 4 is 11.9 Å². The molecule has 0 saturated carbocycles. The van der Waals surface area contributed by atoms with E-state index in [0.29, 0.717) is 6.54 Å². The highest BCUT2D eigenvalue weighted by Crippen LogP contribution is 2.43. The van der Waals surface area contributed by atoms with Crippen molar-refractivity contribution in [3.8, 4) is 5.75 Å². The highest BCUT2D eigenvalue weighted by molar-refractivity contribution is 5.86. The van der Waals surface area contributed by atoms with Gasteiger partial charge in [-0.2, -0.15) is 0 Å². The molecule has 2 bridgehead atoms. The minimum Gasteiger partial charge on any atom is -0.497 e. The normalized spacial score (nSPS) is 29.3. The van der Waals surface area contributed by atoms with Crippen LogP contribution in [0.15, 0.2) is 24.3 Å². The maximum Gasteiger partial charge on any atom is 0.310 e. The molecular formula is C16H19NO5. The van der Waals surface area contributed by atoms with Crippen LogP contribution in [-0.2, 0) is 20.9 Å². The van der Waals surface area contributed by atoms with Gasteiger partial charge >= 0.3 is 5.97 Å². The Morgan fingerprint density at radius 1 is 1.23 bits per heavy atom. The number of ether oxygens (including phenoxy) is 2. The highest BCUT2D eigenvalue weighted by atomic mass is 16.5. The molecule has 0 aromatic heterocycles. The maximum absolute atomic E-state index is 12.4. The lowest BCUT2D eigenvalue weighted by Gasteiger charge is -2.23. The number of carbonyl (C=O) groups is 2. The third-order valence-electron chi connectivity index (χ3n) is 4.49. The van der Waals surface area contributed by atoms with Gasteiger partial charge in [-0.25, -0.2) is 0 Å². The summed E-state index contributed by atoms with van der Waals surface area (Å²) in [5, 5.41) is 12.1. The first-order chi connectivity index (χ1) is 10.6. The summed E-state index contributed by atoms with van der Waals surface area (Å²) in [5.74, 6) is -1.75. The maximum atomic E-state index is 12.4. The average Bonchev–Trinajstić information content (AvgIpc) is 3.14. The van der Waals surface area contributed by atoms with Crippen LogP contribution in [-0.4, -0.2) is 36.3 Å². The first-order valence-corrected chi connectivity index (χ1v) is 7.39. The number of carbonyl (C=O) groups excluding carboxylic acids is 1. The van der Waals surface area contributed by atoms with E-state index >= 15 is 0 Å². The molecule has 2 aliphatic rings. The quantitative estimate of drug-likeness (QED) is 0.853. The molecule has 0 radical (unpaired) electrons. The number of amides is 1. The van der Waals surface area contributed by atoms with E-state index in [0.717, 1.165) is 24.2 Å². The largest absolute Gasteiger partial charge is 0.497 e. The van der Waals surface area contributed by atoms with Gasteiger partial charge in [-0.15, -0.1) is 0 Å². The number of hydrogen-bond donors (Lipinski definition) is 2.